The van der Waals surface area contributed by atoms with Gasteiger partial charge in [-0.05, 0) is 24.6 Å². The van der Waals surface area contributed by atoms with Gasteiger partial charge in [-0.1, -0.05) is 19.9 Å². The van der Waals surface area contributed by atoms with Crippen molar-refractivity contribution >= 4 is 17.9 Å². The number of rotatable bonds is 3. The lowest BCUT2D eigenvalue weighted by Gasteiger charge is -2.53. The molecule has 1 fully saturated rings. The standard InChI is InChI=1S/C20H23FN2O3/c1-19(2)10-20(8-14(9-22-3)17(19)24)11-23(12-20)18(25)13-5-6-15(21)16(7-13)26-4/h5-9H,10-12H2,1-4H3/b22-9+. The van der Waals surface area contributed by atoms with Crippen LogP contribution in [0.3, 0.4) is 0 Å². The highest BCUT2D eigenvalue weighted by molar-refractivity contribution is 6.16. The van der Waals surface area contributed by atoms with Crippen molar-refractivity contribution in [1.29, 1.82) is 0 Å². The molecule has 1 amide bonds. The van der Waals surface area contributed by atoms with Gasteiger partial charge < -0.3 is 9.64 Å². The molecule has 0 atom stereocenters. The van der Waals surface area contributed by atoms with Crippen molar-refractivity contribution in [1.82, 2.24) is 4.90 Å². The molecule has 1 saturated heterocycles. The Balaban J connectivity index is 1.81. The van der Waals surface area contributed by atoms with Crippen LogP contribution < -0.4 is 4.74 Å². The number of likely N-dealkylation sites (tertiary alicyclic amines) is 1. The smallest absolute Gasteiger partial charge is 0.254 e. The molecule has 26 heavy (non-hydrogen) atoms. The first kappa shape index (κ1) is 18.3. The van der Waals surface area contributed by atoms with Crippen LogP contribution in [0.2, 0.25) is 0 Å². The maximum absolute atomic E-state index is 13.6. The van der Waals surface area contributed by atoms with Gasteiger partial charge in [0.15, 0.2) is 17.3 Å². The minimum atomic E-state index is -0.497. The van der Waals surface area contributed by atoms with Gasteiger partial charge in [0.05, 0.1) is 7.11 Å². The second-order valence-corrected chi connectivity index (χ2v) is 7.75. The monoisotopic (exact) mass is 358 g/mol. The van der Waals surface area contributed by atoms with Gasteiger partial charge in [-0.15, -0.1) is 0 Å². The number of allylic oxidation sites excluding steroid dienone is 1. The van der Waals surface area contributed by atoms with Crippen LogP contribution in [0.5, 0.6) is 5.75 Å². The number of carbonyl (C=O) groups excluding carboxylic acids is 2. The number of carbonyl (C=O) groups is 2. The fourth-order valence-corrected chi connectivity index (χ4v) is 4.07. The van der Waals surface area contributed by atoms with Crippen LogP contribution in [-0.4, -0.2) is 50.1 Å². The van der Waals surface area contributed by atoms with Gasteiger partial charge in [0.2, 0.25) is 0 Å². The molecule has 3 rings (SSSR count). The van der Waals surface area contributed by atoms with Crippen LogP contribution in [0.4, 0.5) is 4.39 Å². The zero-order chi connectivity index (χ0) is 19.1. The quantitative estimate of drug-likeness (QED) is 0.781. The summed E-state index contributed by atoms with van der Waals surface area (Å²) < 4.78 is 18.5. The number of ether oxygens (including phenoxy) is 1. The van der Waals surface area contributed by atoms with Crippen LogP contribution >= 0.6 is 0 Å². The summed E-state index contributed by atoms with van der Waals surface area (Å²) in [6.07, 6.45) is 4.25. The molecule has 0 unspecified atom stereocenters. The first-order chi connectivity index (χ1) is 12.2. The number of aliphatic imine (C=N–C) groups is 1. The Morgan fingerprint density at radius 3 is 2.65 bits per heavy atom. The van der Waals surface area contributed by atoms with E-state index in [1.807, 2.05) is 19.9 Å². The highest BCUT2D eigenvalue weighted by Crippen LogP contribution is 2.48. The molecule has 0 bridgehead atoms. The molecule has 1 aromatic carbocycles. The van der Waals surface area contributed by atoms with Gasteiger partial charge >= 0.3 is 0 Å². The predicted octanol–water partition coefficient (Wildman–Crippen LogP) is 2.90. The minimum absolute atomic E-state index is 0.0526. The summed E-state index contributed by atoms with van der Waals surface area (Å²) in [5, 5.41) is 0. The predicted molar refractivity (Wildman–Crippen MR) is 97.2 cm³/mol. The van der Waals surface area contributed by atoms with E-state index < -0.39 is 11.2 Å². The van der Waals surface area contributed by atoms with Crippen LogP contribution in [-0.2, 0) is 4.79 Å². The molecule has 138 valence electrons. The number of ketones is 1. The number of benzene rings is 1. The first-order valence-corrected chi connectivity index (χ1v) is 8.54. The number of methoxy groups -OCH3 is 1. The van der Waals surface area contributed by atoms with Crippen molar-refractivity contribution in [3.8, 4) is 5.75 Å². The molecule has 1 spiro atoms. The Kier molecular flexibility index (Phi) is 4.46. The summed E-state index contributed by atoms with van der Waals surface area (Å²) in [5.74, 6) is -0.524. The van der Waals surface area contributed by atoms with Crippen LogP contribution in [0.15, 0.2) is 34.8 Å². The largest absolute Gasteiger partial charge is 0.494 e. The lowest BCUT2D eigenvalue weighted by molar-refractivity contribution is -0.126. The SMILES string of the molecule is C/N=C/C1=CC2(CN(C(=O)c3ccc(F)c(OC)c3)C2)CC(C)(C)C1=O. The Labute approximate surface area is 152 Å². The van der Waals surface area contributed by atoms with Crippen molar-refractivity contribution < 1.29 is 18.7 Å². The number of Topliss-reactive ketones (excluding diaryl/α,β-unsaturated/α-hetero) is 1. The average molecular weight is 358 g/mol. The Morgan fingerprint density at radius 2 is 2.04 bits per heavy atom. The molecule has 1 aromatic rings. The molecule has 0 aromatic heterocycles. The Hall–Kier alpha value is -2.50. The van der Waals surface area contributed by atoms with Crippen LogP contribution in [0, 0.1) is 16.6 Å². The van der Waals surface area contributed by atoms with E-state index in [1.165, 1.54) is 25.3 Å². The van der Waals surface area contributed by atoms with Gasteiger partial charge in [-0.25, -0.2) is 4.39 Å². The van der Waals surface area contributed by atoms with E-state index in [9.17, 15) is 14.0 Å². The topological polar surface area (TPSA) is 59.0 Å². The molecule has 1 aliphatic carbocycles. The number of halogens is 1. The summed E-state index contributed by atoms with van der Waals surface area (Å²) in [5.41, 5.74) is 0.301. The molecule has 1 aliphatic heterocycles. The van der Waals surface area contributed by atoms with Crippen molar-refractivity contribution in [2.45, 2.75) is 20.3 Å². The second-order valence-electron chi connectivity index (χ2n) is 7.75. The highest BCUT2D eigenvalue weighted by Gasteiger charge is 2.51. The third-order valence-electron chi connectivity index (χ3n) is 5.10. The molecule has 1 heterocycles. The highest BCUT2D eigenvalue weighted by atomic mass is 19.1. The van der Waals surface area contributed by atoms with Gasteiger partial charge in [-0.2, -0.15) is 0 Å². The molecule has 0 N–H and O–H groups in total. The van der Waals surface area contributed by atoms with E-state index in [2.05, 4.69) is 4.99 Å². The summed E-state index contributed by atoms with van der Waals surface area (Å²) >= 11 is 0. The normalized spacial score (nSPS) is 20.9. The van der Waals surface area contributed by atoms with Crippen LogP contribution in [0.25, 0.3) is 0 Å². The van der Waals surface area contributed by atoms with Gasteiger partial charge in [0.1, 0.15) is 0 Å². The van der Waals surface area contributed by atoms with Crippen molar-refractivity contribution in [3.63, 3.8) is 0 Å². The molecular formula is C20H23FN2O3. The molecule has 2 aliphatic rings. The molecule has 0 saturated carbocycles. The number of hydrogen-bond acceptors (Lipinski definition) is 4. The van der Waals surface area contributed by atoms with E-state index >= 15 is 0 Å². The lowest BCUT2D eigenvalue weighted by Crippen LogP contribution is -2.61. The third-order valence-corrected chi connectivity index (χ3v) is 5.10. The zero-order valence-corrected chi connectivity index (χ0v) is 15.5. The third kappa shape index (κ3) is 3.04. The first-order valence-electron chi connectivity index (χ1n) is 8.54. The fraction of sp³-hybridized carbons (Fsp3) is 0.450. The average Bonchev–Trinajstić information content (AvgIpc) is 2.56. The molecule has 6 heteroatoms. The second kappa shape index (κ2) is 6.34. The number of nitrogens with zero attached hydrogens (tertiary/aromatic N) is 2. The van der Waals surface area contributed by atoms with Crippen LogP contribution in [0.1, 0.15) is 30.6 Å². The molecular weight excluding hydrogens is 335 g/mol. The summed E-state index contributed by atoms with van der Waals surface area (Å²) in [6.45, 7) is 4.93. The summed E-state index contributed by atoms with van der Waals surface area (Å²) in [6, 6.07) is 4.12. The molecule has 5 nitrogen and oxygen atoms in total. The maximum Gasteiger partial charge on any atom is 0.254 e. The van der Waals surface area contributed by atoms with Gasteiger partial charge in [0, 0.05) is 48.3 Å². The van der Waals surface area contributed by atoms with E-state index in [1.54, 1.807) is 18.2 Å². The summed E-state index contributed by atoms with van der Waals surface area (Å²) in [4.78, 5) is 30.9. The van der Waals surface area contributed by atoms with Gasteiger partial charge in [-0.3, -0.25) is 14.6 Å². The van der Waals surface area contributed by atoms with Crippen molar-refractivity contribution in [3.05, 3.63) is 41.2 Å². The zero-order valence-electron chi connectivity index (χ0n) is 15.5. The fourth-order valence-electron chi connectivity index (χ4n) is 4.07. The minimum Gasteiger partial charge on any atom is -0.494 e. The van der Waals surface area contributed by atoms with E-state index in [0.29, 0.717) is 30.6 Å². The van der Waals surface area contributed by atoms with E-state index in [-0.39, 0.29) is 22.9 Å². The lowest BCUT2D eigenvalue weighted by atomic mass is 9.61. The maximum atomic E-state index is 13.6. The molecule has 0 radical (unpaired) electrons. The number of hydrogen-bond donors (Lipinski definition) is 0. The Morgan fingerprint density at radius 1 is 1.35 bits per heavy atom. The summed E-state index contributed by atoms with van der Waals surface area (Å²) in [7, 11) is 3.01. The van der Waals surface area contributed by atoms with Crippen molar-refractivity contribution in [2.24, 2.45) is 15.8 Å². The van der Waals surface area contributed by atoms with E-state index in [4.69, 9.17) is 4.74 Å². The number of amides is 1. The van der Waals surface area contributed by atoms with Gasteiger partial charge in [0.25, 0.3) is 5.91 Å². The van der Waals surface area contributed by atoms with E-state index in [0.717, 1.165) is 0 Å². The van der Waals surface area contributed by atoms with Crippen molar-refractivity contribution in [2.75, 3.05) is 27.2 Å². The Bertz CT molecular complexity index is 820.